The number of hydrogen-bond donors (Lipinski definition) is 0. The zero-order chi connectivity index (χ0) is 20.7. The van der Waals surface area contributed by atoms with Crippen LogP contribution in [0.1, 0.15) is 17.7 Å². The first-order chi connectivity index (χ1) is 13.9. The van der Waals surface area contributed by atoms with E-state index in [1.165, 1.54) is 17.2 Å². The molecule has 0 aliphatic carbocycles. The molecule has 152 valence electrons. The molecule has 0 fully saturated rings. The van der Waals surface area contributed by atoms with Crippen molar-refractivity contribution in [3.63, 3.8) is 0 Å². The van der Waals surface area contributed by atoms with Gasteiger partial charge in [0.25, 0.3) is 5.56 Å². The molecule has 0 unspecified atom stereocenters. The molecule has 0 bridgehead atoms. The Morgan fingerprint density at radius 3 is 2.52 bits per heavy atom. The van der Waals surface area contributed by atoms with Gasteiger partial charge in [0.15, 0.2) is 11.2 Å². The molecule has 0 N–H and O–H groups in total. The van der Waals surface area contributed by atoms with Gasteiger partial charge < -0.3 is 9.47 Å². The highest BCUT2D eigenvalue weighted by atomic mass is 16.2. The van der Waals surface area contributed by atoms with Gasteiger partial charge in [-0.1, -0.05) is 30.3 Å². The van der Waals surface area contributed by atoms with Crippen LogP contribution in [0.2, 0.25) is 0 Å². The van der Waals surface area contributed by atoms with Gasteiger partial charge in [-0.2, -0.15) is 4.98 Å². The predicted octanol–water partition coefficient (Wildman–Crippen LogP) is 1.52. The number of nitrogens with zero attached hydrogens (tertiary/aromatic N) is 6. The molecule has 0 radical (unpaired) electrons. The first kappa shape index (κ1) is 19.2. The molecule has 0 aliphatic rings. The Morgan fingerprint density at radius 1 is 1.07 bits per heavy atom. The van der Waals surface area contributed by atoms with Crippen molar-refractivity contribution in [3.05, 3.63) is 68.6 Å². The molecule has 0 aliphatic heterocycles. The molecule has 8 heteroatoms. The number of aryl methyl sites for hydroxylation is 3. The van der Waals surface area contributed by atoms with Crippen molar-refractivity contribution in [1.29, 1.82) is 0 Å². The molecule has 3 aromatic heterocycles. The summed E-state index contributed by atoms with van der Waals surface area (Å²) in [6, 6.07) is 10.4. The maximum Gasteiger partial charge on any atom is 0.332 e. The molecule has 8 nitrogen and oxygen atoms in total. The molecule has 1 aromatic carbocycles. The smallest absolute Gasteiger partial charge is 0.314 e. The molecular formula is C21H26N6O2. The van der Waals surface area contributed by atoms with E-state index in [2.05, 4.69) is 45.8 Å². The Labute approximate surface area is 168 Å². The van der Waals surface area contributed by atoms with Gasteiger partial charge in [-0.3, -0.25) is 18.3 Å². The van der Waals surface area contributed by atoms with Crippen molar-refractivity contribution in [2.45, 2.75) is 26.4 Å². The van der Waals surface area contributed by atoms with Crippen LogP contribution in [0.25, 0.3) is 16.9 Å². The van der Waals surface area contributed by atoms with Gasteiger partial charge in [-0.15, -0.1) is 0 Å². The SMILES string of the molecule is Cc1cn2c3c(=O)n(C)c(=O)n(C)c3nc2n1CCCN(C)Cc1ccccc1. The summed E-state index contributed by atoms with van der Waals surface area (Å²) in [5, 5.41) is 0. The summed E-state index contributed by atoms with van der Waals surface area (Å²) < 4.78 is 6.47. The van der Waals surface area contributed by atoms with Crippen LogP contribution in [0, 0.1) is 6.92 Å². The summed E-state index contributed by atoms with van der Waals surface area (Å²) in [4.78, 5) is 31.8. The molecule has 4 rings (SSSR count). The van der Waals surface area contributed by atoms with E-state index in [1.54, 1.807) is 11.4 Å². The van der Waals surface area contributed by atoms with Gasteiger partial charge in [0, 0.05) is 39.1 Å². The fourth-order valence-corrected chi connectivity index (χ4v) is 3.88. The largest absolute Gasteiger partial charge is 0.332 e. The van der Waals surface area contributed by atoms with Crippen LogP contribution in [-0.4, -0.2) is 41.6 Å². The van der Waals surface area contributed by atoms with Gasteiger partial charge in [0.1, 0.15) is 0 Å². The monoisotopic (exact) mass is 394 g/mol. The van der Waals surface area contributed by atoms with E-state index in [4.69, 9.17) is 0 Å². The third-order valence-electron chi connectivity index (χ3n) is 5.47. The maximum absolute atomic E-state index is 12.6. The van der Waals surface area contributed by atoms with Crippen LogP contribution in [0.5, 0.6) is 0 Å². The number of imidazole rings is 2. The minimum Gasteiger partial charge on any atom is -0.314 e. The molecule has 0 amide bonds. The second kappa shape index (κ2) is 7.36. The van der Waals surface area contributed by atoms with Crippen LogP contribution < -0.4 is 11.2 Å². The lowest BCUT2D eigenvalue weighted by Crippen LogP contribution is -2.37. The molecule has 29 heavy (non-hydrogen) atoms. The van der Waals surface area contributed by atoms with Crippen molar-refractivity contribution in [2.75, 3.05) is 13.6 Å². The standard InChI is InChI=1S/C21H26N6O2/c1-15-13-27-17-18(24(3)21(29)25(4)19(17)28)22-20(27)26(15)12-8-11-23(2)14-16-9-6-5-7-10-16/h5-7,9-10,13H,8,11-12,14H2,1-4H3. The molecule has 3 heterocycles. The third-order valence-corrected chi connectivity index (χ3v) is 5.47. The second-order valence-electron chi connectivity index (χ2n) is 7.66. The number of benzene rings is 1. The van der Waals surface area contributed by atoms with Crippen LogP contribution >= 0.6 is 0 Å². The van der Waals surface area contributed by atoms with Crippen molar-refractivity contribution < 1.29 is 0 Å². The van der Waals surface area contributed by atoms with Crippen molar-refractivity contribution >= 4 is 16.9 Å². The van der Waals surface area contributed by atoms with Gasteiger partial charge >= 0.3 is 5.69 Å². The Kier molecular flexibility index (Phi) is 4.87. The lowest BCUT2D eigenvalue weighted by atomic mass is 10.2. The van der Waals surface area contributed by atoms with Gasteiger partial charge in [-0.25, -0.2) is 4.79 Å². The van der Waals surface area contributed by atoms with Gasteiger partial charge in [-0.05, 0) is 32.5 Å². The van der Waals surface area contributed by atoms with E-state index in [1.807, 2.05) is 19.2 Å². The van der Waals surface area contributed by atoms with Crippen LogP contribution in [0.15, 0.2) is 46.1 Å². The summed E-state index contributed by atoms with van der Waals surface area (Å²) in [7, 11) is 5.26. The molecule has 0 spiro atoms. The highest BCUT2D eigenvalue weighted by Crippen LogP contribution is 2.16. The zero-order valence-electron chi connectivity index (χ0n) is 17.3. The first-order valence-corrected chi connectivity index (χ1v) is 9.75. The van der Waals surface area contributed by atoms with E-state index in [0.717, 1.165) is 36.3 Å². The number of rotatable bonds is 6. The average molecular weight is 394 g/mol. The van der Waals surface area contributed by atoms with E-state index in [9.17, 15) is 9.59 Å². The molecule has 0 saturated heterocycles. The van der Waals surface area contributed by atoms with Crippen molar-refractivity contribution in [3.8, 4) is 0 Å². The lowest BCUT2D eigenvalue weighted by Gasteiger charge is -2.17. The van der Waals surface area contributed by atoms with Crippen LogP contribution in [-0.2, 0) is 27.2 Å². The molecule has 0 saturated carbocycles. The van der Waals surface area contributed by atoms with Gasteiger partial charge in [0.05, 0.1) is 0 Å². The first-order valence-electron chi connectivity index (χ1n) is 9.75. The lowest BCUT2D eigenvalue weighted by molar-refractivity contribution is 0.314. The highest BCUT2D eigenvalue weighted by molar-refractivity contribution is 5.75. The predicted molar refractivity (Wildman–Crippen MR) is 113 cm³/mol. The minimum absolute atomic E-state index is 0.324. The quantitative estimate of drug-likeness (QED) is 0.497. The normalized spacial score (nSPS) is 11.9. The summed E-state index contributed by atoms with van der Waals surface area (Å²) in [6.07, 6.45) is 2.87. The van der Waals surface area contributed by atoms with Crippen molar-refractivity contribution in [2.24, 2.45) is 14.1 Å². The Bertz CT molecular complexity index is 1290. The Hall–Kier alpha value is -3.13. The van der Waals surface area contributed by atoms with E-state index in [0.29, 0.717) is 16.9 Å². The molecule has 4 aromatic rings. The average Bonchev–Trinajstić information content (AvgIpc) is 3.21. The number of fused-ring (bicyclic) bond motifs is 3. The van der Waals surface area contributed by atoms with E-state index < -0.39 is 0 Å². The number of aromatic nitrogens is 5. The molecular weight excluding hydrogens is 368 g/mol. The fraction of sp³-hybridized carbons (Fsp3) is 0.381. The Morgan fingerprint density at radius 2 is 1.79 bits per heavy atom. The number of hydrogen-bond acceptors (Lipinski definition) is 4. The summed E-state index contributed by atoms with van der Waals surface area (Å²) in [5.41, 5.74) is 2.50. The van der Waals surface area contributed by atoms with Crippen molar-refractivity contribution in [1.82, 2.24) is 28.0 Å². The third kappa shape index (κ3) is 3.29. The zero-order valence-corrected chi connectivity index (χ0v) is 17.3. The Balaban J connectivity index is 1.59. The van der Waals surface area contributed by atoms with E-state index >= 15 is 0 Å². The summed E-state index contributed by atoms with van der Waals surface area (Å²) >= 11 is 0. The molecule has 0 atom stereocenters. The summed E-state index contributed by atoms with van der Waals surface area (Å²) in [5.74, 6) is 0.696. The fourth-order valence-electron chi connectivity index (χ4n) is 3.88. The minimum atomic E-state index is -0.367. The highest BCUT2D eigenvalue weighted by Gasteiger charge is 2.18. The maximum atomic E-state index is 12.6. The van der Waals surface area contributed by atoms with Crippen LogP contribution in [0.4, 0.5) is 0 Å². The second-order valence-corrected chi connectivity index (χ2v) is 7.66. The summed E-state index contributed by atoms with van der Waals surface area (Å²) in [6.45, 7) is 4.66. The van der Waals surface area contributed by atoms with E-state index in [-0.39, 0.29) is 11.2 Å². The van der Waals surface area contributed by atoms with Gasteiger partial charge in [0.2, 0.25) is 5.78 Å². The van der Waals surface area contributed by atoms with Crippen LogP contribution in [0.3, 0.4) is 0 Å². The topological polar surface area (TPSA) is 69.5 Å².